The van der Waals surface area contributed by atoms with E-state index < -0.39 is 21.0 Å². The Labute approximate surface area is 191 Å². The first-order chi connectivity index (χ1) is 15.8. The van der Waals surface area contributed by atoms with Gasteiger partial charge in [0.15, 0.2) is 11.5 Å². The molecule has 1 atom stereocenters. The molecule has 10 nitrogen and oxygen atoms in total. The number of benzene rings is 2. The van der Waals surface area contributed by atoms with Crippen LogP contribution in [0.3, 0.4) is 0 Å². The highest BCUT2D eigenvalue weighted by Gasteiger charge is 2.38. The van der Waals surface area contributed by atoms with E-state index in [1.807, 2.05) is 22.9 Å². The maximum Gasteiger partial charge on any atom is 0.269 e. The molecule has 0 saturated carbocycles. The standard InChI is InChI=1S/C22H23N3O7S/c1-30-19-13-15(14-20(31-2)22(19)32-3)21-18-5-4-10-23(18)11-12-24(21)33(28,29)17-8-6-16(7-9-17)25(26)27/h4-10,13-14,21H,11-12H2,1-3H3. The molecule has 0 bridgehead atoms. The van der Waals surface area contributed by atoms with Crippen molar-refractivity contribution in [1.29, 1.82) is 0 Å². The fourth-order valence-electron chi connectivity index (χ4n) is 4.09. The number of nitrogens with zero attached hydrogens (tertiary/aromatic N) is 3. The predicted octanol–water partition coefficient (Wildman–Crippen LogP) is 3.22. The van der Waals surface area contributed by atoms with Gasteiger partial charge in [0.2, 0.25) is 15.8 Å². The minimum atomic E-state index is -3.99. The summed E-state index contributed by atoms with van der Waals surface area (Å²) in [7, 11) is 0.497. The molecule has 0 fully saturated rings. The lowest BCUT2D eigenvalue weighted by Crippen LogP contribution is -2.42. The van der Waals surface area contributed by atoms with E-state index in [4.69, 9.17) is 14.2 Å². The maximum atomic E-state index is 13.7. The number of hydrogen-bond acceptors (Lipinski definition) is 7. The van der Waals surface area contributed by atoms with E-state index in [2.05, 4.69) is 0 Å². The number of sulfonamides is 1. The molecule has 0 aliphatic carbocycles. The number of non-ortho nitro benzene ring substituents is 1. The van der Waals surface area contributed by atoms with Crippen molar-refractivity contribution < 1.29 is 27.6 Å². The third-order valence-corrected chi connectivity index (χ3v) is 7.53. The minimum absolute atomic E-state index is 0.0226. The van der Waals surface area contributed by atoms with E-state index in [1.54, 1.807) is 12.1 Å². The highest BCUT2D eigenvalue weighted by molar-refractivity contribution is 7.89. The smallest absolute Gasteiger partial charge is 0.269 e. The van der Waals surface area contributed by atoms with Gasteiger partial charge >= 0.3 is 0 Å². The third kappa shape index (κ3) is 3.89. The summed E-state index contributed by atoms with van der Waals surface area (Å²) in [4.78, 5) is 10.4. The number of aromatic nitrogens is 1. The summed E-state index contributed by atoms with van der Waals surface area (Å²) in [5, 5.41) is 11.0. The lowest BCUT2D eigenvalue weighted by atomic mass is 10.0. The third-order valence-electron chi connectivity index (χ3n) is 5.65. The average molecular weight is 474 g/mol. The molecule has 0 N–H and O–H groups in total. The molecule has 1 aromatic heterocycles. The Morgan fingerprint density at radius 1 is 0.970 bits per heavy atom. The Balaban J connectivity index is 1.86. The summed E-state index contributed by atoms with van der Waals surface area (Å²) >= 11 is 0. The zero-order chi connectivity index (χ0) is 23.8. The molecule has 11 heteroatoms. The first kappa shape index (κ1) is 22.6. The van der Waals surface area contributed by atoms with Crippen LogP contribution in [0.5, 0.6) is 17.2 Å². The average Bonchev–Trinajstić information content (AvgIpc) is 3.31. The van der Waals surface area contributed by atoms with Crippen molar-refractivity contribution in [3.05, 3.63) is 76.1 Å². The van der Waals surface area contributed by atoms with Gasteiger partial charge in [-0.1, -0.05) is 0 Å². The highest BCUT2D eigenvalue weighted by atomic mass is 32.2. The molecular formula is C22H23N3O7S. The number of fused-ring (bicyclic) bond motifs is 1. The number of nitro benzene ring substituents is 1. The van der Waals surface area contributed by atoms with Crippen molar-refractivity contribution in [2.24, 2.45) is 0 Å². The van der Waals surface area contributed by atoms with E-state index in [-0.39, 0.29) is 17.1 Å². The van der Waals surface area contributed by atoms with Gasteiger partial charge in [0, 0.05) is 37.1 Å². The SMILES string of the molecule is COc1cc(C2c3cccn3CCN2S(=O)(=O)c2ccc([N+](=O)[O-])cc2)cc(OC)c1OC. The van der Waals surface area contributed by atoms with Crippen LogP contribution in [0.15, 0.2) is 59.6 Å². The second kappa shape index (κ2) is 8.75. The molecule has 0 amide bonds. The van der Waals surface area contributed by atoms with E-state index in [9.17, 15) is 18.5 Å². The fraction of sp³-hybridized carbons (Fsp3) is 0.273. The van der Waals surface area contributed by atoms with Crippen LogP contribution in [0, 0.1) is 10.1 Å². The summed E-state index contributed by atoms with van der Waals surface area (Å²) in [6, 6.07) is 11.4. The summed E-state index contributed by atoms with van der Waals surface area (Å²) in [5.74, 6) is 1.21. The van der Waals surface area contributed by atoms with Crippen molar-refractivity contribution in [2.75, 3.05) is 27.9 Å². The van der Waals surface area contributed by atoms with Crippen molar-refractivity contribution in [3.8, 4) is 17.2 Å². The Morgan fingerprint density at radius 2 is 1.61 bits per heavy atom. The van der Waals surface area contributed by atoms with Crippen LogP contribution in [-0.2, 0) is 16.6 Å². The molecule has 0 saturated heterocycles. The fourth-order valence-corrected chi connectivity index (χ4v) is 5.67. The van der Waals surface area contributed by atoms with Crippen LogP contribution < -0.4 is 14.2 Å². The molecule has 33 heavy (non-hydrogen) atoms. The maximum absolute atomic E-state index is 13.7. The van der Waals surface area contributed by atoms with Gasteiger partial charge in [0.05, 0.1) is 37.2 Å². The summed E-state index contributed by atoms with van der Waals surface area (Å²) in [6.07, 6.45) is 1.90. The molecule has 2 aromatic carbocycles. The van der Waals surface area contributed by atoms with E-state index in [0.29, 0.717) is 29.4 Å². The van der Waals surface area contributed by atoms with E-state index in [0.717, 1.165) is 5.69 Å². The number of nitro groups is 1. The first-order valence-corrected chi connectivity index (χ1v) is 11.5. The normalized spacial score (nSPS) is 16.2. The van der Waals surface area contributed by atoms with Gasteiger partial charge in [-0.25, -0.2) is 8.42 Å². The Hall–Kier alpha value is -3.57. The largest absolute Gasteiger partial charge is 0.493 e. The molecule has 0 spiro atoms. The quantitative estimate of drug-likeness (QED) is 0.382. The molecule has 174 valence electrons. The molecule has 2 heterocycles. The van der Waals surface area contributed by atoms with Crippen LogP contribution in [-0.4, -0.2) is 50.1 Å². The summed E-state index contributed by atoms with van der Waals surface area (Å²) < 4.78 is 47.1. The van der Waals surface area contributed by atoms with Crippen LogP contribution >= 0.6 is 0 Å². The van der Waals surface area contributed by atoms with Crippen LogP contribution in [0.25, 0.3) is 0 Å². The van der Waals surface area contributed by atoms with Gasteiger partial charge in [-0.15, -0.1) is 0 Å². The zero-order valence-corrected chi connectivity index (χ0v) is 19.1. The second-order valence-electron chi connectivity index (χ2n) is 7.35. The van der Waals surface area contributed by atoms with Crippen molar-refractivity contribution in [2.45, 2.75) is 17.5 Å². The monoisotopic (exact) mass is 473 g/mol. The number of hydrogen-bond donors (Lipinski definition) is 0. The van der Waals surface area contributed by atoms with Crippen molar-refractivity contribution >= 4 is 15.7 Å². The first-order valence-electron chi connectivity index (χ1n) is 10.0. The minimum Gasteiger partial charge on any atom is -0.493 e. The zero-order valence-electron chi connectivity index (χ0n) is 18.3. The summed E-state index contributed by atoms with van der Waals surface area (Å²) in [5.41, 5.74) is 1.23. The second-order valence-corrected chi connectivity index (χ2v) is 9.24. The Morgan fingerprint density at radius 3 is 2.15 bits per heavy atom. The molecule has 1 unspecified atom stereocenters. The van der Waals surface area contributed by atoms with Crippen molar-refractivity contribution in [1.82, 2.24) is 8.87 Å². The van der Waals surface area contributed by atoms with E-state index >= 15 is 0 Å². The molecular weight excluding hydrogens is 450 g/mol. The topological polar surface area (TPSA) is 113 Å². The molecule has 4 rings (SSSR count). The van der Waals surface area contributed by atoms with Crippen LogP contribution in [0.2, 0.25) is 0 Å². The molecule has 3 aromatic rings. The Kier molecular flexibility index (Phi) is 6.00. The van der Waals surface area contributed by atoms with Gasteiger partial charge in [-0.3, -0.25) is 10.1 Å². The lowest BCUT2D eigenvalue weighted by Gasteiger charge is -2.36. The number of ether oxygens (including phenoxy) is 3. The van der Waals surface area contributed by atoms with Crippen molar-refractivity contribution in [3.63, 3.8) is 0 Å². The molecule has 1 aliphatic rings. The predicted molar refractivity (Wildman–Crippen MR) is 119 cm³/mol. The van der Waals surface area contributed by atoms with Gasteiger partial charge < -0.3 is 18.8 Å². The van der Waals surface area contributed by atoms with Gasteiger partial charge in [0.25, 0.3) is 5.69 Å². The molecule has 1 aliphatic heterocycles. The number of rotatable bonds is 7. The van der Waals surface area contributed by atoms with E-state index in [1.165, 1.54) is 49.9 Å². The Bertz CT molecular complexity index is 1260. The van der Waals surface area contributed by atoms with Crippen LogP contribution in [0.1, 0.15) is 17.3 Å². The summed E-state index contributed by atoms with van der Waals surface area (Å²) in [6.45, 7) is 0.678. The van der Waals surface area contributed by atoms with Gasteiger partial charge in [-0.05, 0) is 42.0 Å². The highest BCUT2D eigenvalue weighted by Crippen LogP contribution is 2.44. The van der Waals surface area contributed by atoms with Gasteiger partial charge in [0.1, 0.15) is 0 Å². The molecule has 0 radical (unpaired) electrons. The lowest BCUT2D eigenvalue weighted by molar-refractivity contribution is -0.384. The van der Waals surface area contributed by atoms with Gasteiger partial charge in [-0.2, -0.15) is 4.31 Å². The number of methoxy groups -OCH3 is 3. The van der Waals surface area contributed by atoms with Crippen LogP contribution in [0.4, 0.5) is 5.69 Å².